The SMILES string of the molecule is CCCNc1cc(C(=O)N(C)C(C)C2CC2)ccn1. The Labute approximate surface area is 115 Å². The van der Waals surface area contributed by atoms with Gasteiger partial charge in [0, 0.05) is 31.4 Å². The van der Waals surface area contributed by atoms with Gasteiger partial charge in [-0.1, -0.05) is 6.92 Å². The van der Waals surface area contributed by atoms with Gasteiger partial charge in [-0.3, -0.25) is 4.79 Å². The molecule has 0 bridgehead atoms. The molecule has 1 unspecified atom stereocenters. The second-order valence-corrected chi connectivity index (χ2v) is 5.35. The Morgan fingerprint density at radius 2 is 2.32 bits per heavy atom. The van der Waals surface area contributed by atoms with Crippen molar-refractivity contribution in [1.82, 2.24) is 9.88 Å². The van der Waals surface area contributed by atoms with E-state index in [4.69, 9.17) is 0 Å². The van der Waals surface area contributed by atoms with Crippen LogP contribution >= 0.6 is 0 Å². The van der Waals surface area contributed by atoms with E-state index in [9.17, 15) is 4.79 Å². The van der Waals surface area contributed by atoms with Crippen molar-refractivity contribution in [2.75, 3.05) is 18.9 Å². The molecular formula is C15H23N3O. The Morgan fingerprint density at radius 3 is 2.95 bits per heavy atom. The summed E-state index contributed by atoms with van der Waals surface area (Å²) in [7, 11) is 1.89. The molecule has 0 aromatic carbocycles. The number of aromatic nitrogens is 1. The fourth-order valence-electron chi connectivity index (χ4n) is 2.20. The highest BCUT2D eigenvalue weighted by atomic mass is 16.2. The molecule has 1 aliphatic carbocycles. The molecule has 4 heteroatoms. The maximum absolute atomic E-state index is 12.4. The van der Waals surface area contributed by atoms with E-state index in [0.29, 0.717) is 17.5 Å². The van der Waals surface area contributed by atoms with Crippen LogP contribution in [-0.4, -0.2) is 35.4 Å². The van der Waals surface area contributed by atoms with Crippen molar-refractivity contribution in [3.05, 3.63) is 23.9 Å². The molecule has 1 fully saturated rings. The first-order valence-electron chi connectivity index (χ1n) is 7.10. The van der Waals surface area contributed by atoms with Crippen LogP contribution in [-0.2, 0) is 0 Å². The van der Waals surface area contributed by atoms with E-state index in [2.05, 4.69) is 24.1 Å². The van der Waals surface area contributed by atoms with Crippen molar-refractivity contribution in [3.8, 4) is 0 Å². The van der Waals surface area contributed by atoms with Gasteiger partial charge in [0.15, 0.2) is 0 Å². The number of anilines is 1. The van der Waals surface area contributed by atoms with Gasteiger partial charge in [-0.25, -0.2) is 4.98 Å². The van der Waals surface area contributed by atoms with Crippen molar-refractivity contribution >= 4 is 11.7 Å². The highest BCUT2D eigenvalue weighted by Gasteiger charge is 2.32. The van der Waals surface area contributed by atoms with Crippen LogP contribution < -0.4 is 5.32 Å². The summed E-state index contributed by atoms with van der Waals surface area (Å²) < 4.78 is 0. The molecule has 0 aliphatic heterocycles. The number of nitrogens with zero attached hydrogens (tertiary/aromatic N) is 2. The van der Waals surface area contributed by atoms with Crippen molar-refractivity contribution in [1.29, 1.82) is 0 Å². The molecule has 1 aromatic rings. The molecule has 1 aromatic heterocycles. The smallest absolute Gasteiger partial charge is 0.254 e. The summed E-state index contributed by atoms with van der Waals surface area (Å²) >= 11 is 0. The van der Waals surface area contributed by atoms with Crippen LogP contribution in [0.25, 0.3) is 0 Å². The topological polar surface area (TPSA) is 45.2 Å². The molecule has 1 atom stereocenters. The van der Waals surface area contributed by atoms with Crippen molar-refractivity contribution in [2.24, 2.45) is 5.92 Å². The number of hydrogen-bond acceptors (Lipinski definition) is 3. The van der Waals surface area contributed by atoms with Gasteiger partial charge in [-0.15, -0.1) is 0 Å². The molecule has 4 nitrogen and oxygen atoms in total. The van der Waals surface area contributed by atoms with E-state index in [0.717, 1.165) is 18.8 Å². The normalized spacial score (nSPS) is 15.9. The van der Waals surface area contributed by atoms with Crippen LogP contribution in [0.1, 0.15) is 43.5 Å². The summed E-state index contributed by atoms with van der Waals surface area (Å²) in [5.74, 6) is 1.55. The van der Waals surface area contributed by atoms with Gasteiger partial charge < -0.3 is 10.2 Å². The van der Waals surface area contributed by atoms with E-state index >= 15 is 0 Å². The predicted octanol–water partition coefficient (Wildman–Crippen LogP) is 2.77. The molecule has 0 radical (unpaired) electrons. The zero-order chi connectivity index (χ0) is 13.8. The second-order valence-electron chi connectivity index (χ2n) is 5.35. The third kappa shape index (κ3) is 3.46. The van der Waals surface area contributed by atoms with Crippen LogP contribution in [0.15, 0.2) is 18.3 Å². The summed E-state index contributed by atoms with van der Waals surface area (Å²) in [5.41, 5.74) is 0.712. The lowest BCUT2D eigenvalue weighted by Crippen LogP contribution is -2.36. The van der Waals surface area contributed by atoms with Crippen LogP contribution in [0.2, 0.25) is 0 Å². The lowest BCUT2D eigenvalue weighted by Gasteiger charge is -2.25. The monoisotopic (exact) mass is 261 g/mol. The minimum Gasteiger partial charge on any atom is -0.370 e. The largest absolute Gasteiger partial charge is 0.370 e. The summed E-state index contributed by atoms with van der Waals surface area (Å²) in [6, 6.07) is 3.96. The molecule has 19 heavy (non-hydrogen) atoms. The van der Waals surface area contributed by atoms with E-state index < -0.39 is 0 Å². The fraction of sp³-hybridized carbons (Fsp3) is 0.600. The zero-order valence-corrected chi connectivity index (χ0v) is 12.0. The van der Waals surface area contributed by atoms with E-state index in [1.54, 1.807) is 12.3 Å². The van der Waals surface area contributed by atoms with E-state index in [-0.39, 0.29) is 5.91 Å². The third-order valence-corrected chi connectivity index (χ3v) is 3.80. The van der Waals surface area contributed by atoms with Gasteiger partial charge in [0.2, 0.25) is 0 Å². The second kappa shape index (κ2) is 6.04. The molecule has 1 N–H and O–H groups in total. The number of rotatable bonds is 6. The Hall–Kier alpha value is -1.58. The first kappa shape index (κ1) is 13.8. The van der Waals surface area contributed by atoms with Crippen molar-refractivity contribution < 1.29 is 4.79 Å². The average molecular weight is 261 g/mol. The maximum Gasteiger partial charge on any atom is 0.254 e. The van der Waals surface area contributed by atoms with Crippen molar-refractivity contribution in [2.45, 2.75) is 39.2 Å². The average Bonchev–Trinajstić information content (AvgIpc) is 3.27. The molecular weight excluding hydrogens is 238 g/mol. The molecule has 0 saturated heterocycles. The third-order valence-electron chi connectivity index (χ3n) is 3.80. The molecule has 1 saturated carbocycles. The molecule has 0 spiro atoms. The van der Waals surface area contributed by atoms with Crippen LogP contribution in [0, 0.1) is 5.92 Å². The van der Waals surface area contributed by atoms with Gasteiger partial charge in [0.05, 0.1) is 0 Å². The lowest BCUT2D eigenvalue weighted by atomic mass is 10.1. The Kier molecular flexibility index (Phi) is 4.40. The first-order chi connectivity index (χ1) is 9.13. The zero-order valence-electron chi connectivity index (χ0n) is 12.0. The quantitative estimate of drug-likeness (QED) is 0.856. The van der Waals surface area contributed by atoms with E-state index in [1.807, 2.05) is 18.0 Å². The van der Waals surface area contributed by atoms with Crippen LogP contribution in [0.4, 0.5) is 5.82 Å². The Morgan fingerprint density at radius 1 is 1.58 bits per heavy atom. The molecule has 104 valence electrons. The Bertz CT molecular complexity index is 443. The fourth-order valence-corrected chi connectivity index (χ4v) is 2.20. The summed E-state index contributed by atoms with van der Waals surface area (Å²) in [4.78, 5) is 18.5. The number of carbonyl (C=O) groups is 1. The lowest BCUT2D eigenvalue weighted by molar-refractivity contribution is 0.0727. The minimum atomic E-state index is 0.0846. The number of nitrogens with one attached hydrogen (secondary N) is 1. The molecule has 1 heterocycles. The van der Waals surface area contributed by atoms with Gasteiger partial charge in [-0.2, -0.15) is 0 Å². The van der Waals surface area contributed by atoms with Gasteiger partial charge >= 0.3 is 0 Å². The summed E-state index contributed by atoms with van der Waals surface area (Å²) in [6.07, 6.45) is 5.23. The van der Waals surface area contributed by atoms with E-state index in [1.165, 1.54) is 12.8 Å². The number of carbonyl (C=O) groups excluding carboxylic acids is 1. The number of hydrogen-bond donors (Lipinski definition) is 1. The summed E-state index contributed by atoms with van der Waals surface area (Å²) in [5, 5.41) is 3.21. The number of pyridine rings is 1. The standard InChI is InChI=1S/C15H23N3O/c1-4-8-16-14-10-13(7-9-17-14)15(19)18(3)11(2)12-5-6-12/h7,9-12H,4-6,8H2,1-3H3,(H,16,17). The van der Waals surface area contributed by atoms with Crippen molar-refractivity contribution in [3.63, 3.8) is 0 Å². The maximum atomic E-state index is 12.4. The molecule has 1 aliphatic rings. The molecule has 2 rings (SSSR count). The summed E-state index contributed by atoms with van der Waals surface area (Å²) in [6.45, 7) is 5.11. The highest BCUT2D eigenvalue weighted by molar-refractivity contribution is 5.94. The van der Waals surface area contributed by atoms with Gasteiger partial charge in [-0.05, 0) is 44.2 Å². The van der Waals surface area contributed by atoms with Gasteiger partial charge in [0.25, 0.3) is 5.91 Å². The highest BCUT2D eigenvalue weighted by Crippen LogP contribution is 2.35. The van der Waals surface area contributed by atoms with Gasteiger partial charge in [0.1, 0.15) is 5.82 Å². The first-order valence-corrected chi connectivity index (χ1v) is 7.10. The Balaban J connectivity index is 2.05. The minimum absolute atomic E-state index is 0.0846. The number of amides is 1. The predicted molar refractivity (Wildman–Crippen MR) is 77.3 cm³/mol. The van der Waals surface area contributed by atoms with Crippen LogP contribution in [0.3, 0.4) is 0 Å². The van der Waals surface area contributed by atoms with Crippen LogP contribution in [0.5, 0.6) is 0 Å². The molecule has 1 amide bonds.